The maximum atomic E-state index is 13.1. The fourth-order valence-corrected chi connectivity index (χ4v) is 5.05. The first kappa shape index (κ1) is 23.9. The molecule has 1 fully saturated rings. The molecular formula is C24H16Cl3NO3S2. The van der Waals surface area contributed by atoms with Gasteiger partial charge in [0, 0.05) is 26.2 Å². The summed E-state index contributed by atoms with van der Waals surface area (Å²) in [6.07, 6.45) is 1.75. The molecule has 0 aliphatic carbocycles. The van der Waals surface area contributed by atoms with E-state index in [1.807, 2.05) is 12.1 Å². The van der Waals surface area contributed by atoms with Crippen LogP contribution in [-0.2, 0) is 11.4 Å². The zero-order valence-corrected chi connectivity index (χ0v) is 21.1. The van der Waals surface area contributed by atoms with Crippen LogP contribution in [0.4, 0.5) is 5.69 Å². The van der Waals surface area contributed by atoms with Crippen LogP contribution < -0.4 is 14.4 Å². The molecule has 4 rings (SSSR count). The molecule has 33 heavy (non-hydrogen) atoms. The second-order valence-electron chi connectivity index (χ2n) is 6.90. The van der Waals surface area contributed by atoms with Crippen LogP contribution in [0.15, 0.2) is 65.6 Å². The van der Waals surface area contributed by atoms with E-state index in [0.717, 1.165) is 5.56 Å². The summed E-state index contributed by atoms with van der Waals surface area (Å²) in [5, 5.41) is 1.63. The highest BCUT2D eigenvalue weighted by molar-refractivity contribution is 8.27. The number of methoxy groups -OCH3 is 1. The first-order valence-corrected chi connectivity index (χ1v) is 12.0. The summed E-state index contributed by atoms with van der Waals surface area (Å²) in [4.78, 5) is 15.1. The lowest BCUT2D eigenvalue weighted by Crippen LogP contribution is -2.27. The Labute approximate surface area is 216 Å². The summed E-state index contributed by atoms with van der Waals surface area (Å²) in [6.45, 7) is 0.197. The molecule has 0 spiro atoms. The molecule has 0 unspecified atom stereocenters. The van der Waals surface area contributed by atoms with E-state index >= 15 is 0 Å². The van der Waals surface area contributed by atoms with E-state index in [2.05, 4.69) is 0 Å². The third-order valence-corrected chi connectivity index (χ3v) is 6.92. The standard InChI is InChI=1S/C24H16Cl3NO3S2/c1-30-20-4-2-3-14(22(20)31-13-15-5-6-17(26)12-19(15)27)11-21-23(29)28(24(32)33-21)18-9-7-16(25)8-10-18/h2-12H,13H2,1H3/b21-11-. The maximum Gasteiger partial charge on any atom is 0.270 e. The van der Waals surface area contributed by atoms with E-state index in [9.17, 15) is 4.79 Å². The Morgan fingerprint density at radius 1 is 1.03 bits per heavy atom. The number of benzene rings is 3. The van der Waals surface area contributed by atoms with Gasteiger partial charge in [0.15, 0.2) is 15.8 Å². The number of carbonyl (C=O) groups excluding carboxylic acids is 1. The van der Waals surface area contributed by atoms with Crippen LogP contribution in [0.3, 0.4) is 0 Å². The van der Waals surface area contributed by atoms with Crippen LogP contribution in [0.1, 0.15) is 11.1 Å². The highest BCUT2D eigenvalue weighted by Gasteiger charge is 2.33. The fraction of sp³-hybridized carbons (Fsp3) is 0.0833. The topological polar surface area (TPSA) is 38.8 Å². The second kappa shape index (κ2) is 10.4. The fourth-order valence-electron chi connectivity index (χ4n) is 3.17. The Morgan fingerprint density at radius 2 is 1.76 bits per heavy atom. The molecule has 168 valence electrons. The van der Waals surface area contributed by atoms with Crippen molar-refractivity contribution in [2.75, 3.05) is 12.0 Å². The van der Waals surface area contributed by atoms with Gasteiger partial charge in [-0.15, -0.1) is 0 Å². The van der Waals surface area contributed by atoms with Gasteiger partial charge in [-0.3, -0.25) is 9.69 Å². The van der Waals surface area contributed by atoms with Crippen molar-refractivity contribution in [3.05, 3.63) is 91.8 Å². The van der Waals surface area contributed by atoms with E-state index < -0.39 is 0 Å². The molecular weight excluding hydrogens is 521 g/mol. The van der Waals surface area contributed by atoms with Gasteiger partial charge >= 0.3 is 0 Å². The highest BCUT2D eigenvalue weighted by atomic mass is 35.5. The van der Waals surface area contributed by atoms with E-state index in [1.165, 1.54) is 16.7 Å². The predicted octanol–water partition coefficient (Wildman–Crippen LogP) is 7.64. The number of amides is 1. The first-order valence-electron chi connectivity index (χ1n) is 9.64. The number of rotatable bonds is 6. The summed E-state index contributed by atoms with van der Waals surface area (Å²) in [6, 6.07) is 17.6. The molecule has 0 N–H and O–H groups in total. The van der Waals surface area contributed by atoms with Crippen molar-refractivity contribution in [2.24, 2.45) is 0 Å². The Hall–Kier alpha value is -2.22. The molecule has 0 bridgehead atoms. The number of thiocarbonyl (C=S) groups is 1. The Kier molecular flexibility index (Phi) is 7.51. The van der Waals surface area contributed by atoms with Gasteiger partial charge in [0.2, 0.25) is 0 Å². The van der Waals surface area contributed by atoms with Gasteiger partial charge < -0.3 is 9.47 Å². The molecule has 1 amide bonds. The average molecular weight is 537 g/mol. The summed E-state index contributed by atoms with van der Waals surface area (Å²) < 4.78 is 12.0. The minimum Gasteiger partial charge on any atom is -0.493 e. The lowest BCUT2D eigenvalue weighted by Gasteiger charge is -2.15. The molecule has 1 saturated heterocycles. The quantitative estimate of drug-likeness (QED) is 0.239. The van der Waals surface area contributed by atoms with Gasteiger partial charge in [-0.25, -0.2) is 0 Å². The third kappa shape index (κ3) is 5.31. The van der Waals surface area contributed by atoms with E-state index in [-0.39, 0.29) is 12.5 Å². The number of hydrogen-bond acceptors (Lipinski definition) is 5. The monoisotopic (exact) mass is 535 g/mol. The van der Waals surface area contributed by atoms with Crippen LogP contribution in [0.2, 0.25) is 15.1 Å². The lowest BCUT2D eigenvalue weighted by atomic mass is 10.1. The second-order valence-corrected chi connectivity index (χ2v) is 9.85. The molecule has 0 aromatic heterocycles. The Morgan fingerprint density at radius 3 is 2.45 bits per heavy atom. The van der Waals surface area contributed by atoms with Crippen LogP contribution in [0, 0.1) is 0 Å². The smallest absolute Gasteiger partial charge is 0.270 e. The molecule has 9 heteroatoms. The molecule has 3 aromatic carbocycles. The number of halogens is 3. The van der Waals surface area contributed by atoms with Crippen LogP contribution in [0.5, 0.6) is 11.5 Å². The Balaban J connectivity index is 1.64. The van der Waals surface area contributed by atoms with Gasteiger partial charge in [0.05, 0.1) is 17.7 Å². The molecule has 0 atom stereocenters. The van der Waals surface area contributed by atoms with Crippen LogP contribution in [-0.4, -0.2) is 17.3 Å². The molecule has 1 aliphatic rings. The minimum atomic E-state index is -0.221. The predicted molar refractivity (Wildman–Crippen MR) is 141 cm³/mol. The van der Waals surface area contributed by atoms with Crippen molar-refractivity contribution in [1.29, 1.82) is 0 Å². The number of anilines is 1. The minimum absolute atomic E-state index is 0.197. The highest BCUT2D eigenvalue weighted by Crippen LogP contribution is 2.40. The number of carbonyl (C=O) groups is 1. The normalized spacial score (nSPS) is 14.8. The van der Waals surface area contributed by atoms with E-state index in [4.69, 9.17) is 56.5 Å². The van der Waals surface area contributed by atoms with Gasteiger partial charge in [-0.1, -0.05) is 77.0 Å². The zero-order chi connectivity index (χ0) is 23.5. The van der Waals surface area contributed by atoms with Gasteiger partial charge in [-0.05, 0) is 48.5 Å². The van der Waals surface area contributed by atoms with Crippen molar-refractivity contribution >= 4 is 80.8 Å². The lowest BCUT2D eigenvalue weighted by molar-refractivity contribution is -0.113. The summed E-state index contributed by atoms with van der Waals surface area (Å²) in [5.74, 6) is 0.798. The van der Waals surface area contributed by atoms with Gasteiger partial charge in [0.1, 0.15) is 6.61 Å². The van der Waals surface area contributed by atoms with Crippen LogP contribution in [0.25, 0.3) is 6.08 Å². The largest absolute Gasteiger partial charge is 0.493 e. The van der Waals surface area contributed by atoms with Crippen molar-refractivity contribution in [1.82, 2.24) is 0 Å². The van der Waals surface area contributed by atoms with Crippen molar-refractivity contribution < 1.29 is 14.3 Å². The van der Waals surface area contributed by atoms with Crippen molar-refractivity contribution in [3.8, 4) is 11.5 Å². The number of thioether (sulfide) groups is 1. The van der Waals surface area contributed by atoms with Crippen molar-refractivity contribution in [2.45, 2.75) is 6.61 Å². The molecule has 1 heterocycles. The molecule has 0 radical (unpaired) electrons. The molecule has 4 nitrogen and oxygen atoms in total. The summed E-state index contributed by atoms with van der Waals surface area (Å²) >= 11 is 24.9. The first-order chi connectivity index (χ1) is 15.9. The zero-order valence-electron chi connectivity index (χ0n) is 17.2. The van der Waals surface area contributed by atoms with Crippen LogP contribution >= 0.6 is 58.8 Å². The van der Waals surface area contributed by atoms with Crippen molar-refractivity contribution in [3.63, 3.8) is 0 Å². The number of hydrogen-bond donors (Lipinski definition) is 0. The SMILES string of the molecule is COc1cccc(/C=C2\SC(=S)N(c3ccc(Cl)cc3)C2=O)c1OCc1ccc(Cl)cc1Cl. The number of ether oxygens (including phenoxy) is 2. The van der Waals surface area contributed by atoms with E-state index in [0.29, 0.717) is 47.0 Å². The Bertz CT molecular complexity index is 1260. The third-order valence-electron chi connectivity index (χ3n) is 4.78. The number of para-hydroxylation sites is 1. The summed E-state index contributed by atoms with van der Waals surface area (Å²) in [5.41, 5.74) is 2.10. The summed E-state index contributed by atoms with van der Waals surface area (Å²) in [7, 11) is 1.56. The van der Waals surface area contributed by atoms with Gasteiger partial charge in [-0.2, -0.15) is 0 Å². The molecule has 0 saturated carbocycles. The maximum absolute atomic E-state index is 13.1. The average Bonchev–Trinajstić information content (AvgIpc) is 3.07. The molecule has 3 aromatic rings. The van der Waals surface area contributed by atoms with E-state index in [1.54, 1.807) is 61.7 Å². The number of nitrogens with zero attached hydrogens (tertiary/aromatic N) is 1. The molecule has 1 aliphatic heterocycles. The van der Waals surface area contributed by atoms with Gasteiger partial charge in [0.25, 0.3) is 5.91 Å².